The van der Waals surface area contributed by atoms with Gasteiger partial charge >= 0.3 is 0 Å². The number of primary amides is 1. The third kappa shape index (κ3) is 2.82. The van der Waals surface area contributed by atoms with Crippen molar-refractivity contribution in [2.45, 2.75) is 6.92 Å². The van der Waals surface area contributed by atoms with Gasteiger partial charge in [0.25, 0.3) is 5.91 Å². The van der Waals surface area contributed by atoms with E-state index in [1.165, 1.54) is 6.39 Å². The molecule has 3 rings (SSSR count). The molecular formula is C16H16ClN3O3. The summed E-state index contributed by atoms with van der Waals surface area (Å²) >= 11 is 6.17. The molecule has 120 valence electrons. The van der Waals surface area contributed by atoms with Crippen molar-refractivity contribution in [3.05, 3.63) is 41.4 Å². The Morgan fingerprint density at radius 3 is 2.74 bits per heavy atom. The van der Waals surface area contributed by atoms with Gasteiger partial charge in [0.2, 0.25) is 5.91 Å². The zero-order valence-corrected chi connectivity index (χ0v) is 13.3. The Balaban J connectivity index is 1.90. The molecule has 2 heterocycles. The fourth-order valence-electron chi connectivity index (χ4n) is 2.89. The molecule has 2 atom stereocenters. The first kappa shape index (κ1) is 15.6. The molecule has 1 aromatic carbocycles. The summed E-state index contributed by atoms with van der Waals surface area (Å²) < 4.78 is 5.38. The molecule has 6 nitrogen and oxygen atoms in total. The highest BCUT2D eigenvalue weighted by molar-refractivity contribution is 6.33. The second kappa shape index (κ2) is 6.04. The smallest absolute Gasteiger partial charge is 0.276 e. The van der Waals surface area contributed by atoms with Gasteiger partial charge in [-0.15, -0.1) is 0 Å². The Morgan fingerprint density at radius 1 is 1.35 bits per heavy atom. The highest BCUT2D eigenvalue weighted by Gasteiger charge is 2.37. The average molecular weight is 334 g/mol. The maximum absolute atomic E-state index is 12.7. The van der Waals surface area contributed by atoms with Crippen molar-refractivity contribution in [1.82, 2.24) is 9.88 Å². The molecule has 1 aliphatic heterocycles. The number of nitrogens with two attached hydrogens (primary N) is 1. The predicted molar refractivity (Wildman–Crippen MR) is 84.7 cm³/mol. The monoisotopic (exact) mass is 333 g/mol. The van der Waals surface area contributed by atoms with Gasteiger partial charge in [0.1, 0.15) is 0 Å². The van der Waals surface area contributed by atoms with Crippen molar-refractivity contribution in [2.75, 3.05) is 13.1 Å². The van der Waals surface area contributed by atoms with Crippen molar-refractivity contribution in [1.29, 1.82) is 0 Å². The van der Waals surface area contributed by atoms with Crippen molar-refractivity contribution < 1.29 is 14.0 Å². The van der Waals surface area contributed by atoms with Crippen LogP contribution in [0.2, 0.25) is 5.02 Å². The maximum atomic E-state index is 12.7. The minimum atomic E-state index is -0.390. The molecule has 2 N–H and O–H groups in total. The number of carbonyl (C=O) groups excluding carboxylic acids is 2. The molecule has 7 heteroatoms. The minimum absolute atomic E-state index is 0.0205. The van der Waals surface area contributed by atoms with E-state index < -0.39 is 0 Å². The predicted octanol–water partition coefficient (Wildman–Crippen LogP) is 2.19. The van der Waals surface area contributed by atoms with Crippen LogP contribution < -0.4 is 5.73 Å². The van der Waals surface area contributed by atoms with E-state index in [0.717, 1.165) is 0 Å². The molecule has 0 saturated carbocycles. The first-order valence-corrected chi connectivity index (χ1v) is 7.63. The van der Waals surface area contributed by atoms with Gasteiger partial charge in [-0.3, -0.25) is 9.59 Å². The van der Waals surface area contributed by atoms with Crippen molar-refractivity contribution >= 4 is 23.4 Å². The molecule has 23 heavy (non-hydrogen) atoms. The lowest BCUT2D eigenvalue weighted by atomic mass is 9.98. The number of amides is 2. The van der Waals surface area contributed by atoms with E-state index in [-0.39, 0.29) is 29.3 Å². The Hall–Kier alpha value is -2.34. The average Bonchev–Trinajstić information content (AvgIpc) is 3.13. The lowest BCUT2D eigenvalue weighted by Crippen LogP contribution is -2.32. The second-order valence-corrected chi connectivity index (χ2v) is 6.11. The maximum Gasteiger partial charge on any atom is 0.276 e. The summed E-state index contributed by atoms with van der Waals surface area (Å²) in [5.41, 5.74) is 6.18. The molecule has 1 fully saturated rings. The quantitative estimate of drug-likeness (QED) is 0.932. The first-order valence-electron chi connectivity index (χ1n) is 7.26. The van der Waals surface area contributed by atoms with Gasteiger partial charge in [0.05, 0.1) is 10.9 Å². The summed E-state index contributed by atoms with van der Waals surface area (Å²) in [5, 5.41) is 0.475. The number of aromatic nitrogens is 1. The van der Waals surface area contributed by atoms with Crippen LogP contribution in [0.1, 0.15) is 17.4 Å². The summed E-state index contributed by atoms with van der Waals surface area (Å²) in [7, 11) is 0. The summed E-state index contributed by atoms with van der Waals surface area (Å²) in [6, 6.07) is 7.08. The van der Waals surface area contributed by atoms with Crippen molar-refractivity contribution in [3.63, 3.8) is 0 Å². The molecule has 2 amide bonds. The van der Waals surface area contributed by atoms with E-state index >= 15 is 0 Å². The van der Waals surface area contributed by atoms with Gasteiger partial charge in [0, 0.05) is 18.7 Å². The van der Waals surface area contributed by atoms with Gasteiger partial charge in [-0.05, 0) is 18.1 Å². The number of nitrogens with zero attached hydrogens (tertiary/aromatic N) is 2. The summed E-state index contributed by atoms with van der Waals surface area (Å²) in [4.78, 5) is 29.8. The highest BCUT2D eigenvalue weighted by Crippen LogP contribution is 2.32. The van der Waals surface area contributed by atoms with Gasteiger partial charge in [-0.2, -0.15) is 0 Å². The number of hydrogen-bond donors (Lipinski definition) is 1. The SMILES string of the molecule is C[C@@H]1CN(C(=O)c2ncoc2-c2ccccc2Cl)C[C@H]1C(N)=O. The van der Waals surface area contributed by atoms with Crippen LogP contribution in [0.3, 0.4) is 0 Å². The lowest BCUT2D eigenvalue weighted by Gasteiger charge is -2.15. The van der Waals surface area contributed by atoms with Gasteiger partial charge < -0.3 is 15.1 Å². The summed E-state index contributed by atoms with van der Waals surface area (Å²) in [5.74, 6) is -0.666. The van der Waals surface area contributed by atoms with E-state index in [9.17, 15) is 9.59 Å². The number of rotatable bonds is 3. The number of benzene rings is 1. The molecule has 0 aliphatic carbocycles. The van der Waals surface area contributed by atoms with E-state index in [1.54, 1.807) is 29.2 Å². The van der Waals surface area contributed by atoms with Crippen LogP contribution >= 0.6 is 11.6 Å². The molecule has 0 unspecified atom stereocenters. The fourth-order valence-corrected chi connectivity index (χ4v) is 3.11. The lowest BCUT2D eigenvalue weighted by molar-refractivity contribution is -0.122. The molecule has 1 aliphatic rings. The van der Waals surface area contributed by atoms with Crippen LogP contribution in [0.15, 0.2) is 35.1 Å². The van der Waals surface area contributed by atoms with Crippen LogP contribution in [-0.2, 0) is 4.79 Å². The highest BCUT2D eigenvalue weighted by atomic mass is 35.5. The molecule has 2 aromatic rings. The van der Waals surface area contributed by atoms with Crippen LogP contribution in [0, 0.1) is 11.8 Å². The fraction of sp³-hybridized carbons (Fsp3) is 0.312. The number of halogens is 1. The van der Waals surface area contributed by atoms with Crippen LogP contribution in [0.5, 0.6) is 0 Å². The molecule has 0 radical (unpaired) electrons. The number of likely N-dealkylation sites (tertiary alicyclic amines) is 1. The van der Waals surface area contributed by atoms with Crippen LogP contribution in [0.4, 0.5) is 0 Å². The number of carbonyl (C=O) groups is 2. The standard InChI is InChI=1S/C16H16ClN3O3/c1-9-6-20(7-11(9)15(18)21)16(22)13-14(23-8-19-13)10-4-2-3-5-12(10)17/h2-5,8-9,11H,6-7H2,1H3,(H2,18,21)/t9-,11-/m1/s1. The Morgan fingerprint density at radius 2 is 2.09 bits per heavy atom. The number of oxazole rings is 1. The Bertz CT molecular complexity index is 759. The first-order chi connectivity index (χ1) is 11.0. The number of hydrogen-bond acceptors (Lipinski definition) is 4. The topological polar surface area (TPSA) is 89.4 Å². The normalized spacial score (nSPS) is 20.7. The Kier molecular flexibility index (Phi) is 4.09. The summed E-state index contributed by atoms with van der Waals surface area (Å²) in [6.45, 7) is 2.66. The molecule has 1 saturated heterocycles. The van der Waals surface area contributed by atoms with E-state index in [2.05, 4.69) is 4.98 Å². The van der Waals surface area contributed by atoms with E-state index in [4.69, 9.17) is 21.8 Å². The van der Waals surface area contributed by atoms with Gasteiger partial charge in [-0.1, -0.05) is 30.7 Å². The van der Waals surface area contributed by atoms with Gasteiger partial charge in [0.15, 0.2) is 17.8 Å². The zero-order valence-electron chi connectivity index (χ0n) is 12.5. The third-order valence-corrected chi connectivity index (χ3v) is 4.48. The second-order valence-electron chi connectivity index (χ2n) is 5.71. The van der Waals surface area contributed by atoms with Crippen molar-refractivity contribution in [2.24, 2.45) is 17.6 Å². The minimum Gasteiger partial charge on any atom is -0.443 e. The largest absolute Gasteiger partial charge is 0.443 e. The third-order valence-electron chi connectivity index (χ3n) is 4.15. The summed E-state index contributed by atoms with van der Waals surface area (Å²) in [6.07, 6.45) is 1.22. The Labute approximate surface area is 138 Å². The van der Waals surface area contributed by atoms with E-state index in [0.29, 0.717) is 29.4 Å². The van der Waals surface area contributed by atoms with Crippen LogP contribution in [0.25, 0.3) is 11.3 Å². The van der Waals surface area contributed by atoms with Crippen LogP contribution in [-0.4, -0.2) is 34.8 Å². The van der Waals surface area contributed by atoms with Crippen molar-refractivity contribution in [3.8, 4) is 11.3 Å². The molecule has 0 spiro atoms. The van der Waals surface area contributed by atoms with E-state index in [1.807, 2.05) is 6.92 Å². The molecule has 1 aromatic heterocycles. The molecule has 0 bridgehead atoms. The van der Waals surface area contributed by atoms with Gasteiger partial charge in [-0.25, -0.2) is 4.98 Å². The molecular weight excluding hydrogens is 318 g/mol. The zero-order chi connectivity index (χ0) is 16.6.